The average Bonchev–Trinajstić information content (AvgIpc) is 2.78. The van der Waals surface area contributed by atoms with E-state index in [2.05, 4.69) is 25.5 Å². The third kappa shape index (κ3) is 2.29. The van der Waals surface area contributed by atoms with Crippen LogP contribution in [0.15, 0.2) is 53.0 Å². The summed E-state index contributed by atoms with van der Waals surface area (Å²) in [6, 6.07) is 16.0. The lowest BCUT2D eigenvalue weighted by molar-refractivity contribution is 0.278. The Bertz CT molecular complexity index is 707. The third-order valence-corrected chi connectivity index (χ3v) is 3.56. The lowest BCUT2D eigenvalue weighted by Gasteiger charge is -2.07. The highest BCUT2D eigenvalue weighted by Gasteiger charge is 2.12. The molecular weight excluding hydrogens is 304 g/mol. The van der Waals surface area contributed by atoms with Crippen molar-refractivity contribution < 1.29 is 5.11 Å². The van der Waals surface area contributed by atoms with E-state index in [4.69, 9.17) is 0 Å². The van der Waals surface area contributed by atoms with Gasteiger partial charge in [0, 0.05) is 16.6 Å². The van der Waals surface area contributed by atoms with Crippen LogP contribution in [-0.2, 0) is 6.54 Å². The maximum absolute atomic E-state index is 9.27. The zero-order chi connectivity index (χ0) is 13.2. The number of benzene rings is 2. The van der Waals surface area contributed by atoms with Crippen molar-refractivity contribution in [1.82, 2.24) is 9.55 Å². The molecule has 3 nitrogen and oxygen atoms in total. The molecule has 0 aliphatic rings. The van der Waals surface area contributed by atoms with Crippen molar-refractivity contribution in [3.8, 4) is 11.4 Å². The van der Waals surface area contributed by atoms with E-state index >= 15 is 0 Å². The number of imidazole rings is 1. The van der Waals surface area contributed by atoms with Gasteiger partial charge in [0.1, 0.15) is 5.82 Å². The van der Waals surface area contributed by atoms with Crippen LogP contribution >= 0.6 is 15.9 Å². The minimum atomic E-state index is 0.0986. The average molecular weight is 317 g/mol. The number of aromatic nitrogens is 2. The molecule has 1 aromatic heterocycles. The molecule has 3 aromatic rings. The van der Waals surface area contributed by atoms with Gasteiger partial charge in [0.25, 0.3) is 0 Å². The highest BCUT2D eigenvalue weighted by atomic mass is 79.9. The first-order valence-corrected chi connectivity index (χ1v) is 6.91. The van der Waals surface area contributed by atoms with Gasteiger partial charge < -0.3 is 9.67 Å². The molecule has 96 valence electrons. The van der Waals surface area contributed by atoms with E-state index in [-0.39, 0.29) is 6.61 Å². The Morgan fingerprint density at radius 3 is 2.63 bits per heavy atom. The molecule has 0 saturated heterocycles. The minimum absolute atomic E-state index is 0.0986. The minimum Gasteiger partial charge on any atom is -0.395 e. The van der Waals surface area contributed by atoms with E-state index in [0.717, 1.165) is 26.9 Å². The Kier molecular flexibility index (Phi) is 3.36. The quantitative estimate of drug-likeness (QED) is 0.803. The van der Waals surface area contributed by atoms with Crippen molar-refractivity contribution in [2.45, 2.75) is 6.54 Å². The molecule has 1 N–H and O–H groups in total. The van der Waals surface area contributed by atoms with Crippen molar-refractivity contribution in [3.63, 3.8) is 0 Å². The Hall–Kier alpha value is -1.65. The Balaban J connectivity index is 2.26. The van der Waals surface area contributed by atoms with Gasteiger partial charge in [-0.2, -0.15) is 0 Å². The second kappa shape index (κ2) is 5.15. The summed E-state index contributed by atoms with van der Waals surface area (Å²) in [7, 11) is 0. The molecule has 0 amide bonds. The summed E-state index contributed by atoms with van der Waals surface area (Å²) in [6.45, 7) is 0.643. The summed E-state index contributed by atoms with van der Waals surface area (Å²) in [5.74, 6) is 0.891. The summed E-state index contributed by atoms with van der Waals surface area (Å²) in [5.41, 5.74) is 3.03. The van der Waals surface area contributed by atoms with Crippen LogP contribution in [0.25, 0.3) is 22.4 Å². The fourth-order valence-corrected chi connectivity index (χ4v) is 2.59. The van der Waals surface area contributed by atoms with Crippen molar-refractivity contribution >= 4 is 27.0 Å². The summed E-state index contributed by atoms with van der Waals surface area (Å²) < 4.78 is 3.06. The van der Waals surface area contributed by atoms with Gasteiger partial charge in [-0.05, 0) is 18.2 Å². The zero-order valence-electron chi connectivity index (χ0n) is 10.3. The topological polar surface area (TPSA) is 38.0 Å². The second-order valence-electron chi connectivity index (χ2n) is 4.31. The Morgan fingerprint density at radius 1 is 1.11 bits per heavy atom. The van der Waals surface area contributed by atoms with Crippen LogP contribution in [0, 0.1) is 0 Å². The predicted molar refractivity (Wildman–Crippen MR) is 80.0 cm³/mol. The van der Waals surface area contributed by atoms with Crippen LogP contribution in [-0.4, -0.2) is 21.3 Å². The molecule has 0 aliphatic carbocycles. The number of hydrogen-bond acceptors (Lipinski definition) is 2. The molecule has 0 atom stereocenters. The first-order valence-electron chi connectivity index (χ1n) is 6.11. The number of nitrogens with zero attached hydrogens (tertiary/aromatic N) is 2. The first-order chi connectivity index (χ1) is 9.29. The molecule has 0 fully saturated rings. The SMILES string of the molecule is OCCn1c(-c2ccccc2)nc2cc(Br)ccc21. The van der Waals surface area contributed by atoms with Crippen molar-refractivity contribution in [1.29, 1.82) is 0 Å². The van der Waals surface area contributed by atoms with E-state index in [1.165, 1.54) is 0 Å². The smallest absolute Gasteiger partial charge is 0.141 e. The monoisotopic (exact) mass is 316 g/mol. The summed E-state index contributed by atoms with van der Waals surface area (Å²) in [4.78, 5) is 4.68. The third-order valence-electron chi connectivity index (χ3n) is 3.07. The van der Waals surface area contributed by atoms with Gasteiger partial charge in [0.2, 0.25) is 0 Å². The van der Waals surface area contributed by atoms with Gasteiger partial charge in [-0.15, -0.1) is 0 Å². The van der Waals surface area contributed by atoms with E-state index in [1.807, 2.05) is 48.5 Å². The number of aliphatic hydroxyl groups excluding tert-OH is 1. The lowest BCUT2D eigenvalue weighted by atomic mass is 10.2. The van der Waals surface area contributed by atoms with Crippen LogP contribution in [0.3, 0.4) is 0 Å². The summed E-state index contributed by atoms with van der Waals surface area (Å²) in [5, 5.41) is 9.27. The standard InChI is InChI=1S/C15H13BrN2O/c16-12-6-7-14-13(10-12)17-15(18(14)8-9-19)11-4-2-1-3-5-11/h1-7,10,19H,8-9H2. The zero-order valence-corrected chi connectivity index (χ0v) is 11.8. The molecule has 0 radical (unpaired) electrons. The van der Waals surface area contributed by atoms with Gasteiger partial charge in [-0.25, -0.2) is 4.98 Å². The fourth-order valence-electron chi connectivity index (χ4n) is 2.24. The molecule has 0 saturated carbocycles. The van der Waals surface area contributed by atoms with Gasteiger partial charge >= 0.3 is 0 Å². The van der Waals surface area contributed by atoms with Crippen molar-refractivity contribution in [2.24, 2.45) is 0 Å². The molecule has 19 heavy (non-hydrogen) atoms. The molecule has 0 bridgehead atoms. The number of hydrogen-bond donors (Lipinski definition) is 1. The van der Waals surface area contributed by atoms with Crippen LogP contribution < -0.4 is 0 Å². The fraction of sp³-hybridized carbons (Fsp3) is 0.133. The van der Waals surface area contributed by atoms with Crippen molar-refractivity contribution in [3.05, 3.63) is 53.0 Å². The Morgan fingerprint density at radius 2 is 1.89 bits per heavy atom. The lowest BCUT2D eigenvalue weighted by Crippen LogP contribution is -2.03. The molecule has 3 rings (SSSR count). The number of halogens is 1. The Labute approximate surface area is 119 Å². The molecule has 2 aromatic carbocycles. The molecule has 1 heterocycles. The first kappa shape index (κ1) is 12.4. The van der Waals surface area contributed by atoms with E-state index < -0.39 is 0 Å². The van der Waals surface area contributed by atoms with E-state index in [1.54, 1.807) is 0 Å². The van der Waals surface area contributed by atoms with Crippen LogP contribution in [0.4, 0.5) is 0 Å². The van der Waals surface area contributed by atoms with Gasteiger partial charge in [0.15, 0.2) is 0 Å². The van der Waals surface area contributed by atoms with Gasteiger partial charge in [0.05, 0.1) is 17.6 Å². The normalized spacial score (nSPS) is 11.1. The van der Waals surface area contributed by atoms with Crippen molar-refractivity contribution in [2.75, 3.05) is 6.61 Å². The molecule has 4 heteroatoms. The highest BCUT2D eigenvalue weighted by molar-refractivity contribution is 9.10. The summed E-state index contributed by atoms with van der Waals surface area (Å²) >= 11 is 3.46. The molecule has 0 unspecified atom stereocenters. The molecule has 0 aliphatic heterocycles. The maximum Gasteiger partial charge on any atom is 0.141 e. The second-order valence-corrected chi connectivity index (χ2v) is 5.23. The van der Waals surface area contributed by atoms with Crippen LogP contribution in [0.2, 0.25) is 0 Å². The van der Waals surface area contributed by atoms with Crippen LogP contribution in [0.1, 0.15) is 0 Å². The number of aliphatic hydroxyl groups is 1. The van der Waals surface area contributed by atoms with Gasteiger partial charge in [-0.3, -0.25) is 0 Å². The van der Waals surface area contributed by atoms with E-state index in [9.17, 15) is 5.11 Å². The maximum atomic E-state index is 9.27. The highest BCUT2D eigenvalue weighted by Crippen LogP contribution is 2.26. The summed E-state index contributed by atoms with van der Waals surface area (Å²) in [6.07, 6.45) is 0. The number of rotatable bonds is 3. The number of fused-ring (bicyclic) bond motifs is 1. The van der Waals surface area contributed by atoms with Crippen LogP contribution in [0.5, 0.6) is 0 Å². The predicted octanol–water partition coefficient (Wildman–Crippen LogP) is 3.46. The largest absolute Gasteiger partial charge is 0.395 e. The molecular formula is C15H13BrN2O. The van der Waals surface area contributed by atoms with E-state index in [0.29, 0.717) is 6.54 Å². The van der Waals surface area contributed by atoms with Gasteiger partial charge in [-0.1, -0.05) is 46.3 Å². The molecule has 0 spiro atoms.